The number of ether oxygens (including phenoxy) is 1. The first kappa shape index (κ1) is 23.5. The van der Waals surface area contributed by atoms with Gasteiger partial charge in [0.1, 0.15) is 5.82 Å². The fourth-order valence-electron chi connectivity index (χ4n) is 4.83. The number of aryl methyl sites for hydroxylation is 2. The van der Waals surface area contributed by atoms with Crippen LogP contribution in [0.15, 0.2) is 84.9 Å². The normalized spacial score (nSPS) is 11.2. The molecule has 1 aromatic heterocycles. The Bertz CT molecular complexity index is 1540. The Labute approximate surface area is 208 Å². The summed E-state index contributed by atoms with van der Waals surface area (Å²) >= 11 is 0. The number of fused-ring (bicyclic) bond motifs is 2. The number of hydrogen-bond acceptors (Lipinski definition) is 3. The van der Waals surface area contributed by atoms with Crippen LogP contribution in [-0.2, 0) is 17.7 Å². The van der Waals surface area contributed by atoms with Crippen molar-refractivity contribution in [3.8, 4) is 0 Å². The molecule has 36 heavy (non-hydrogen) atoms. The smallest absolute Gasteiger partial charge is 0.339 e. The first-order valence-corrected chi connectivity index (χ1v) is 11.9. The van der Waals surface area contributed by atoms with Gasteiger partial charge in [0.2, 0.25) is 5.78 Å². The molecule has 0 atom stereocenters. The van der Waals surface area contributed by atoms with Crippen LogP contribution >= 0.6 is 0 Å². The Morgan fingerprint density at radius 3 is 2.08 bits per heavy atom. The van der Waals surface area contributed by atoms with Gasteiger partial charge in [-0.3, -0.25) is 4.79 Å². The first-order valence-electron chi connectivity index (χ1n) is 11.9. The molecule has 180 valence electrons. The van der Waals surface area contributed by atoms with E-state index in [1.54, 1.807) is 12.1 Å². The third kappa shape index (κ3) is 4.52. The Hall–Kier alpha value is -4.25. The molecule has 0 saturated heterocycles. The summed E-state index contributed by atoms with van der Waals surface area (Å²) < 4.78 is 20.8. The first-order chi connectivity index (χ1) is 17.4. The Morgan fingerprint density at radius 2 is 1.44 bits per heavy atom. The molecule has 0 radical (unpaired) electrons. The van der Waals surface area contributed by atoms with Gasteiger partial charge in [-0.15, -0.1) is 0 Å². The zero-order chi connectivity index (χ0) is 25.2. The van der Waals surface area contributed by atoms with E-state index in [0.717, 1.165) is 38.5 Å². The molecule has 0 saturated carbocycles. The molecule has 5 aromatic rings. The fraction of sp³-hybridized carbons (Fsp3) is 0.161. The number of carbonyl (C=O) groups is 2. The van der Waals surface area contributed by atoms with Crippen LogP contribution in [0.1, 0.15) is 37.7 Å². The van der Waals surface area contributed by atoms with Crippen molar-refractivity contribution < 1.29 is 18.7 Å². The number of ketones is 1. The van der Waals surface area contributed by atoms with Gasteiger partial charge in [-0.1, -0.05) is 60.7 Å². The van der Waals surface area contributed by atoms with Gasteiger partial charge in [-0.2, -0.15) is 0 Å². The highest BCUT2D eigenvalue weighted by molar-refractivity contribution is 6.17. The maximum absolute atomic E-state index is 13.2. The van der Waals surface area contributed by atoms with Gasteiger partial charge >= 0.3 is 5.97 Å². The number of halogens is 1. The van der Waals surface area contributed by atoms with E-state index in [4.69, 9.17) is 4.74 Å². The number of esters is 1. The van der Waals surface area contributed by atoms with Crippen LogP contribution in [0.2, 0.25) is 0 Å². The Kier molecular flexibility index (Phi) is 6.38. The maximum Gasteiger partial charge on any atom is 0.339 e. The van der Waals surface area contributed by atoms with E-state index < -0.39 is 5.97 Å². The minimum Gasteiger partial charge on any atom is -0.454 e. The number of nitrogens with zero attached hydrogens (tertiary/aromatic N) is 1. The van der Waals surface area contributed by atoms with Crippen molar-refractivity contribution in [2.75, 3.05) is 6.61 Å². The predicted octanol–water partition coefficient (Wildman–Crippen LogP) is 6.83. The molecule has 5 rings (SSSR count). The summed E-state index contributed by atoms with van der Waals surface area (Å²) in [5.41, 5.74) is 3.81. The molecular formula is C31H26FNO3. The van der Waals surface area contributed by atoms with Gasteiger partial charge < -0.3 is 9.30 Å². The zero-order valence-electron chi connectivity index (χ0n) is 20.3. The van der Waals surface area contributed by atoms with Gasteiger partial charge in [-0.05, 0) is 71.6 Å². The van der Waals surface area contributed by atoms with E-state index in [0.29, 0.717) is 24.1 Å². The average Bonchev–Trinajstić information content (AvgIpc) is 3.18. The number of benzene rings is 4. The molecule has 0 amide bonds. The third-order valence-electron chi connectivity index (χ3n) is 6.72. The van der Waals surface area contributed by atoms with E-state index in [1.165, 1.54) is 12.1 Å². The second kappa shape index (κ2) is 9.78. The number of Topliss-reactive ketones (excluding diaryl/α,β-unsaturated/α-hetero) is 1. The summed E-state index contributed by atoms with van der Waals surface area (Å²) in [7, 11) is 0. The largest absolute Gasteiger partial charge is 0.454 e. The molecule has 0 spiro atoms. The third-order valence-corrected chi connectivity index (χ3v) is 6.72. The summed E-state index contributed by atoms with van der Waals surface area (Å²) in [6, 6.07) is 25.7. The molecule has 0 bridgehead atoms. The molecule has 5 heteroatoms. The van der Waals surface area contributed by atoms with Crippen LogP contribution < -0.4 is 0 Å². The van der Waals surface area contributed by atoms with Gasteiger partial charge in [0.25, 0.3) is 0 Å². The van der Waals surface area contributed by atoms with Crippen molar-refractivity contribution >= 4 is 33.3 Å². The number of aromatic nitrogens is 1. The quantitative estimate of drug-likeness (QED) is 0.146. The van der Waals surface area contributed by atoms with Gasteiger partial charge in [0.15, 0.2) is 6.61 Å². The summed E-state index contributed by atoms with van der Waals surface area (Å²) in [5, 5.41) is 3.48. The van der Waals surface area contributed by atoms with Crippen LogP contribution in [0, 0.1) is 19.7 Å². The molecule has 4 aromatic carbocycles. The average molecular weight is 480 g/mol. The lowest BCUT2D eigenvalue weighted by Crippen LogP contribution is -2.16. The van der Waals surface area contributed by atoms with Crippen molar-refractivity contribution in [1.29, 1.82) is 0 Å². The van der Waals surface area contributed by atoms with Crippen molar-refractivity contribution in [2.24, 2.45) is 0 Å². The van der Waals surface area contributed by atoms with E-state index in [9.17, 15) is 14.0 Å². The highest BCUT2D eigenvalue weighted by Crippen LogP contribution is 2.29. The standard InChI is InChI=1S/C31H26FNO3/c1-20-17-28(21(2)33(20)16-15-22-11-13-25(32)14-12-22)29(34)19-36-31(35)30-26-9-5-3-7-23(26)18-24-8-4-6-10-27(24)30/h3-14,17-18H,15-16,19H2,1-2H3. The van der Waals surface area contributed by atoms with Crippen molar-refractivity contribution in [3.05, 3.63) is 119 Å². The number of carbonyl (C=O) groups excluding carboxylic acids is 2. The summed E-state index contributed by atoms with van der Waals surface area (Å²) in [6.45, 7) is 4.17. The highest BCUT2D eigenvalue weighted by Gasteiger charge is 2.20. The molecular weight excluding hydrogens is 453 g/mol. The van der Waals surface area contributed by atoms with Crippen molar-refractivity contribution in [2.45, 2.75) is 26.8 Å². The molecule has 0 aliphatic heterocycles. The zero-order valence-corrected chi connectivity index (χ0v) is 20.3. The molecule has 0 N–H and O–H groups in total. The molecule has 0 aliphatic carbocycles. The van der Waals surface area contributed by atoms with Crippen LogP contribution in [0.25, 0.3) is 21.5 Å². The molecule has 0 unspecified atom stereocenters. The molecule has 0 aliphatic rings. The Morgan fingerprint density at radius 1 is 0.833 bits per heavy atom. The highest BCUT2D eigenvalue weighted by atomic mass is 19.1. The number of rotatable bonds is 7. The topological polar surface area (TPSA) is 48.3 Å². The molecule has 0 fully saturated rings. The Balaban J connectivity index is 1.34. The van der Waals surface area contributed by atoms with Crippen LogP contribution in [0.3, 0.4) is 0 Å². The van der Waals surface area contributed by atoms with Gasteiger partial charge in [0, 0.05) is 23.5 Å². The second-order valence-electron chi connectivity index (χ2n) is 9.01. The van der Waals surface area contributed by atoms with Crippen molar-refractivity contribution in [1.82, 2.24) is 4.57 Å². The van der Waals surface area contributed by atoms with E-state index in [1.807, 2.05) is 74.5 Å². The summed E-state index contributed by atoms with van der Waals surface area (Å²) in [6.07, 6.45) is 0.716. The minimum atomic E-state index is -0.513. The van der Waals surface area contributed by atoms with Gasteiger partial charge in [0.05, 0.1) is 5.56 Å². The maximum atomic E-state index is 13.2. The van der Waals surface area contributed by atoms with Gasteiger partial charge in [-0.25, -0.2) is 9.18 Å². The second-order valence-corrected chi connectivity index (χ2v) is 9.01. The van der Waals surface area contributed by atoms with E-state index in [-0.39, 0.29) is 18.2 Å². The molecule has 1 heterocycles. The van der Waals surface area contributed by atoms with Crippen LogP contribution in [-0.4, -0.2) is 22.9 Å². The monoisotopic (exact) mass is 479 g/mol. The minimum absolute atomic E-state index is 0.242. The van der Waals surface area contributed by atoms with E-state index in [2.05, 4.69) is 4.57 Å². The lowest BCUT2D eigenvalue weighted by Gasteiger charge is -2.12. The lowest BCUT2D eigenvalue weighted by atomic mass is 9.97. The lowest BCUT2D eigenvalue weighted by molar-refractivity contribution is 0.0478. The van der Waals surface area contributed by atoms with Crippen LogP contribution in [0.5, 0.6) is 0 Å². The van der Waals surface area contributed by atoms with Crippen LogP contribution in [0.4, 0.5) is 4.39 Å². The van der Waals surface area contributed by atoms with E-state index >= 15 is 0 Å². The predicted molar refractivity (Wildman–Crippen MR) is 140 cm³/mol. The van der Waals surface area contributed by atoms with Crippen molar-refractivity contribution in [3.63, 3.8) is 0 Å². The summed E-state index contributed by atoms with van der Waals surface area (Å²) in [5.74, 6) is -1.01. The number of hydrogen-bond donors (Lipinski definition) is 0. The fourth-order valence-corrected chi connectivity index (χ4v) is 4.83. The molecule has 4 nitrogen and oxygen atoms in total. The SMILES string of the molecule is Cc1cc(C(=O)COC(=O)c2c3ccccc3cc3ccccc23)c(C)n1CCc1ccc(F)cc1. The summed E-state index contributed by atoms with van der Waals surface area (Å²) in [4.78, 5) is 26.3.